The molecule has 4 aromatic rings. The Morgan fingerprint density at radius 2 is 1.90 bits per heavy atom. The first-order chi connectivity index (χ1) is 9.79. The third-order valence-electron chi connectivity index (χ3n) is 3.31. The number of aromatic nitrogens is 4. The van der Waals surface area contributed by atoms with Gasteiger partial charge in [0.2, 0.25) is 0 Å². The molecule has 5 heteroatoms. The Kier molecular flexibility index (Phi) is 2.20. The van der Waals surface area contributed by atoms with E-state index in [-0.39, 0.29) is 5.56 Å². The summed E-state index contributed by atoms with van der Waals surface area (Å²) in [5.74, 6) is 0. The first-order valence-corrected chi connectivity index (χ1v) is 6.22. The number of hydrogen-bond donors (Lipinski definition) is 2. The van der Waals surface area contributed by atoms with Gasteiger partial charge in [0, 0.05) is 23.3 Å². The van der Waals surface area contributed by atoms with E-state index < -0.39 is 0 Å². The van der Waals surface area contributed by atoms with Crippen LogP contribution in [0.25, 0.3) is 33.2 Å². The third-order valence-corrected chi connectivity index (χ3v) is 3.31. The largest absolute Gasteiger partial charge is 0.346 e. The molecule has 0 saturated carbocycles. The number of H-pyrrole nitrogens is 2. The summed E-state index contributed by atoms with van der Waals surface area (Å²) < 4.78 is 0. The second-order valence-electron chi connectivity index (χ2n) is 4.62. The van der Waals surface area contributed by atoms with Gasteiger partial charge in [-0.2, -0.15) is 0 Å². The van der Waals surface area contributed by atoms with E-state index in [0.717, 1.165) is 33.2 Å². The molecule has 96 valence electrons. The van der Waals surface area contributed by atoms with Gasteiger partial charge in [0.1, 0.15) is 5.65 Å². The van der Waals surface area contributed by atoms with Gasteiger partial charge in [-0.25, -0.2) is 9.97 Å². The van der Waals surface area contributed by atoms with Gasteiger partial charge in [-0.15, -0.1) is 0 Å². The zero-order chi connectivity index (χ0) is 13.5. The number of nitrogens with one attached hydrogen (secondary N) is 2. The van der Waals surface area contributed by atoms with E-state index >= 15 is 0 Å². The number of fused-ring (bicyclic) bond motifs is 2. The predicted molar refractivity (Wildman–Crippen MR) is 77.5 cm³/mol. The van der Waals surface area contributed by atoms with Crippen LogP contribution in [-0.4, -0.2) is 19.9 Å². The van der Waals surface area contributed by atoms with Crippen LogP contribution in [0.2, 0.25) is 0 Å². The minimum atomic E-state index is -0.200. The predicted octanol–water partition coefficient (Wildman–Crippen LogP) is 2.47. The fourth-order valence-corrected chi connectivity index (χ4v) is 2.32. The van der Waals surface area contributed by atoms with Crippen LogP contribution in [0.3, 0.4) is 0 Å². The number of pyridine rings is 1. The van der Waals surface area contributed by atoms with Crippen LogP contribution in [0.5, 0.6) is 0 Å². The zero-order valence-electron chi connectivity index (χ0n) is 10.4. The Bertz CT molecular complexity index is 984. The number of nitrogens with zero attached hydrogens (tertiary/aromatic N) is 2. The summed E-state index contributed by atoms with van der Waals surface area (Å²) in [4.78, 5) is 25.7. The van der Waals surface area contributed by atoms with Crippen LogP contribution in [-0.2, 0) is 0 Å². The molecule has 0 fully saturated rings. The van der Waals surface area contributed by atoms with Crippen molar-refractivity contribution in [3.8, 4) is 11.1 Å². The van der Waals surface area contributed by atoms with Gasteiger partial charge in [-0.05, 0) is 29.8 Å². The molecule has 0 spiro atoms. The number of benzene rings is 1. The van der Waals surface area contributed by atoms with Crippen LogP contribution >= 0.6 is 0 Å². The molecule has 4 rings (SSSR count). The molecule has 3 heterocycles. The van der Waals surface area contributed by atoms with Gasteiger partial charge in [-0.3, -0.25) is 4.79 Å². The number of hydrogen-bond acceptors (Lipinski definition) is 3. The van der Waals surface area contributed by atoms with E-state index in [9.17, 15) is 4.79 Å². The molecule has 0 saturated heterocycles. The lowest BCUT2D eigenvalue weighted by atomic mass is 10.1. The molecule has 0 aliphatic rings. The second kappa shape index (κ2) is 4.03. The summed E-state index contributed by atoms with van der Waals surface area (Å²) in [5.41, 5.74) is 4.16. The van der Waals surface area contributed by atoms with Crippen molar-refractivity contribution < 1.29 is 0 Å². The van der Waals surface area contributed by atoms with E-state index in [4.69, 9.17) is 0 Å². The Morgan fingerprint density at radius 1 is 0.950 bits per heavy atom. The summed E-state index contributed by atoms with van der Waals surface area (Å²) in [6.07, 6.45) is 4.97. The fraction of sp³-hybridized carbons (Fsp3) is 0. The molecule has 0 aliphatic heterocycles. The monoisotopic (exact) mass is 262 g/mol. The standard InChI is InChI=1S/C15H10N4O/c20-14-8-17-12-2-1-9(6-13(12)19-14)11-5-10-3-4-16-15(10)18-7-11/h1-8H,(H,16,18)(H,19,20). The molecule has 0 radical (unpaired) electrons. The van der Waals surface area contributed by atoms with Crippen molar-refractivity contribution in [2.24, 2.45) is 0 Å². The lowest BCUT2D eigenvalue weighted by molar-refractivity contribution is 1.22. The van der Waals surface area contributed by atoms with Crippen molar-refractivity contribution >= 4 is 22.1 Å². The molecule has 20 heavy (non-hydrogen) atoms. The molecule has 5 nitrogen and oxygen atoms in total. The first kappa shape index (κ1) is 10.9. The van der Waals surface area contributed by atoms with Gasteiger partial charge in [0.25, 0.3) is 5.56 Å². The van der Waals surface area contributed by atoms with Crippen LogP contribution in [0.4, 0.5) is 0 Å². The highest BCUT2D eigenvalue weighted by Crippen LogP contribution is 2.24. The fourth-order valence-electron chi connectivity index (χ4n) is 2.32. The highest BCUT2D eigenvalue weighted by molar-refractivity contribution is 5.85. The highest BCUT2D eigenvalue weighted by atomic mass is 16.1. The highest BCUT2D eigenvalue weighted by Gasteiger charge is 2.04. The Labute approximate surface area is 113 Å². The Hall–Kier alpha value is -2.95. The lowest BCUT2D eigenvalue weighted by Gasteiger charge is -2.03. The van der Waals surface area contributed by atoms with Crippen LogP contribution in [0, 0.1) is 0 Å². The van der Waals surface area contributed by atoms with E-state index in [0.29, 0.717) is 0 Å². The molecule has 0 aliphatic carbocycles. The van der Waals surface area contributed by atoms with Gasteiger partial charge in [0.15, 0.2) is 0 Å². The summed E-state index contributed by atoms with van der Waals surface area (Å²) in [5, 5.41) is 1.06. The minimum Gasteiger partial charge on any atom is -0.346 e. The van der Waals surface area contributed by atoms with E-state index in [1.165, 1.54) is 6.20 Å². The topological polar surface area (TPSA) is 74.4 Å². The van der Waals surface area contributed by atoms with Crippen molar-refractivity contribution in [1.82, 2.24) is 19.9 Å². The maximum atomic E-state index is 11.3. The quantitative estimate of drug-likeness (QED) is 0.553. The van der Waals surface area contributed by atoms with Crippen molar-refractivity contribution in [2.45, 2.75) is 0 Å². The number of aromatic amines is 2. The first-order valence-electron chi connectivity index (χ1n) is 6.22. The average molecular weight is 262 g/mol. The summed E-state index contributed by atoms with van der Waals surface area (Å²) in [7, 11) is 0. The summed E-state index contributed by atoms with van der Waals surface area (Å²) in [6.45, 7) is 0. The smallest absolute Gasteiger partial charge is 0.266 e. The molecule has 0 unspecified atom stereocenters. The summed E-state index contributed by atoms with van der Waals surface area (Å²) >= 11 is 0. The van der Waals surface area contributed by atoms with Gasteiger partial charge < -0.3 is 9.97 Å². The minimum absolute atomic E-state index is 0.200. The van der Waals surface area contributed by atoms with Crippen molar-refractivity contribution in [3.63, 3.8) is 0 Å². The van der Waals surface area contributed by atoms with Crippen LogP contribution in [0.15, 0.2) is 53.7 Å². The zero-order valence-corrected chi connectivity index (χ0v) is 10.4. The maximum absolute atomic E-state index is 11.3. The molecule has 0 amide bonds. The Balaban J connectivity index is 1.94. The van der Waals surface area contributed by atoms with Crippen molar-refractivity contribution in [2.75, 3.05) is 0 Å². The molecule has 2 N–H and O–H groups in total. The molecule has 0 bridgehead atoms. The lowest BCUT2D eigenvalue weighted by Crippen LogP contribution is -2.04. The van der Waals surface area contributed by atoms with Gasteiger partial charge >= 0.3 is 0 Å². The third kappa shape index (κ3) is 1.68. The van der Waals surface area contributed by atoms with Crippen molar-refractivity contribution in [3.05, 3.63) is 59.3 Å². The molecule has 0 atom stereocenters. The van der Waals surface area contributed by atoms with Crippen LogP contribution < -0.4 is 5.56 Å². The van der Waals surface area contributed by atoms with Gasteiger partial charge in [-0.1, -0.05) is 6.07 Å². The maximum Gasteiger partial charge on any atom is 0.266 e. The van der Waals surface area contributed by atoms with E-state index in [2.05, 4.69) is 26.0 Å². The summed E-state index contributed by atoms with van der Waals surface area (Å²) in [6, 6.07) is 9.83. The second-order valence-corrected chi connectivity index (χ2v) is 4.62. The number of rotatable bonds is 1. The Morgan fingerprint density at radius 3 is 2.85 bits per heavy atom. The van der Waals surface area contributed by atoms with Crippen LogP contribution in [0.1, 0.15) is 0 Å². The molecule has 1 aromatic carbocycles. The molecular weight excluding hydrogens is 252 g/mol. The van der Waals surface area contributed by atoms with Gasteiger partial charge in [0.05, 0.1) is 17.2 Å². The molecule has 3 aromatic heterocycles. The average Bonchev–Trinajstić information content (AvgIpc) is 2.93. The van der Waals surface area contributed by atoms with E-state index in [1.807, 2.05) is 36.7 Å². The molecular formula is C15H10N4O. The van der Waals surface area contributed by atoms with E-state index in [1.54, 1.807) is 0 Å². The normalized spacial score (nSPS) is 11.2. The van der Waals surface area contributed by atoms with Crippen molar-refractivity contribution in [1.29, 1.82) is 0 Å². The SMILES string of the molecule is O=c1cnc2ccc(-c3cnc4[nH]ccc4c3)cc2[nH]1.